The van der Waals surface area contributed by atoms with Gasteiger partial charge in [0.25, 0.3) is 0 Å². The Bertz CT molecular complexity index is 435. The van der Waals surface area contributed by atoms with Crippen LogP contribution in [0.4, 0.5) is 4.39 Å². The van der Waals surface area contributed by atoms with Gasteiger partial charge in [-0.15, -0.1) is 0 Å². The molecule has 4 nitrogen and oxygen atoms in total. The van der Waals surface area contributed by atoms with Crippen LogP contribution < -0.4 is 10.1 Å². The molecule has 1 aromatic carbocycles. The maximum atomic E-state index is 13.1. The van der Waals surface area contributed by atoms with Crippen LogP contribution in [0.2, 0.25) is 0 Å². The van der Waals surface area contributed by atoms with E-state index >= 15 is 0 Å². The summed E-state index contributed by atoms with van der Waals surface area (Å²) in [7, 11) is 0. The lowest BCUT2D eigenvalue weighted by molar-refractivity contribution is -0.0866. The lowest BCUT2D eigenvalue weighted by atomic mass is 10.1. The summed E-state index contributed by atoms with van der Waals surface area (Å²) < 4.78 is 29.7. The van der Waals surface area contributed by atoms with Crippen molar-refractivity contribution in [2.24, 2.45) is 0 Å². The summed E-state index contributed by atoms with van der Waals surface area (Å²) in [6, 6.07) is 4.68. The second-order valence-corrected chi connectivity index (χ2v) is 4.92. The van der Waals surface area contributed by atoms with Crippen LogP contribution >= 0.6 is 0 Å². The van der Waals surface area contributed by atoms with Gasteiger partial charge in [0.2, 0.25) is 0 Å². The van der Waals surface area contributed by atoms with Crippen LogP contribution in [0, 0.1) is 5.82 Å². The van der Waals surface area contributed by atoms with Gasteiger partial charge in [-0.2, -0.15) is 0 Å². The van der Waals surface area contributed by atoms with E-state index < -0.39 is 0 Å². The lowest BCUT2D eigenvalue weighted by Gasteiger charge is -2.23. The van der Waals surface area contributed by atoms with E-state index in [0.29, 0.717) is 19.8 Å². The first-order valence-corrected chi connectivity index (χ1v) is 6.66. The van der Waals surface area contributed by atoms with Gasteiger partial charge in [0.05, 0.1) is 25.9 Å². The van der Waals surface area contributed by atoms with Crippen LogP contribution in [0.5, 0.6) is 5.75 Å². The molecular formula is C14H18FNO3. The van der Waals surface area contributed by atoms with E-state index in [0.717, 1.165) is 30.8 Å². The van der Waals surface area contributed by atoms with Crippen molar-refractivity contribution in [2.75, 3.05) is 32.9 Å². The van der Waals surface area contributed by atoms with Gasteiger partial charge in [-0.1, -0.05) is 0 Å². The average Bonchev–Trinajstić information content (AvgIpc) is 2.82. The van der Waals surface area contributed by atoms with Gasteiger partial charge in [-0.25, -0.2) is 4.39 Å². The molecule has 19 heavy (non-hydrogen) atoms. The van der Waals surface area contributed by atoms with Gasteiger partial charge in [0.1, 0.15) is 17.7 Å². The molecule has 1 N–H and O–H groups in total. The van der Waals surface area contributed by atoms with Gasteiger partial charge in [-0.3, -0.25) is 0 Å². The van der Waals surface area contributed by atoms with Crippen molar-refractivity contribution in [3.8, 4) is 5.75 Å². The molecule has 0 spiro atoms. The molecule has 5 heteroatoms. The first-order chi connectivity index (χ1) is 9.31. The van der Waals surface area contributed by atoms with Crippen LogP contribution in [-0.4, -0.2) is 45.1 Å². The van der Waals surface area contributed by atoms with Crippen LogP contribution in [0.15, 0.2) is 18.2 Å². The average molecular weight is 267 g/mol. The highest BCUT2D eigenvalue weighted by atomic mass is 19.1. The lowest BCUT2D eigenvalue weighted by Crippen LogP contribution is -2.40. The first-order valence-electron chi connectivity index (χ1n) is 6.66. The Balaban J connectivity index is 1.43. The molecule has 1 aromatic rings. The van der Waals surface area contributed by atoms with Gasteiger partial charge >= 0.3 is 0 Å². The molecule has 2 unspecified atom stereocenters. The molecule has 2 atom stereocenters. The second-order valence-electron chi connectivity index (χ2n) is 4.92. The topological polar surface area (TPSA) is 39.7 Å². The van der Waals surface area contributed by atoms with E-state index in [-0.39, 0.29) is 18.0 Å². The van der Waals surface area contributed by atoms with Crippen molar-refractivity contribution in [3.05, 3.63) is 29.6 Å². The maximum absolute atomic E-state index is 13.1. The van der Waals surface area contributed by atoms with E-state index in [9.17, 15) is 4.39 Å². The van der Waals surface area contributed by atoms with E-state index in [1.54, 1.807) is 12.1 Å². The normalized spacial score (nSPS) is 25.9. The predicted octanol–water partition coefficient (Wildman–Crippen LogP) is 1.13. The highest BCUT2D eigenvalue weighted by Crippen LogP contribution is 2.28. The molecule has 0 amide bonds. The third kappa shape index (κ3) is 3.23. The van der Waals surface area contributed by atoms with Crippen LogP contribution in [0.3, 0.4) is 0 Å². The molecular weight excluding hydrogens is 249 g/mol. The number of rotatable bonds is 4. The number of hydrogen-bond acceptors (Lipinski definition) is 4. The van der Waals surface area contributed by atoms with Crippen molar-refractivity contribution in [3.63, 3.8) is 0 Å². The molecule has 0 bridgehead atoms. The molecule has 0 saturated carbocycles. The molecule has 2 heterocycles. The summed E-state index contributed by atoms with van der Waals surface area (Å²) >= 11 is 0. The van der Waals surface area contributed by atoms with Crippen molar-refractivity contribution in [1.29, 1.82) is 0 Å². The summed E-state index contributed by atoms with van der Waals surface area (Å²) in [6.45, 7) is 3.48. The highest BCUT2D eigenvalue weighted by molar-refractivity contribution is 5.37. The van der Waals surface area contributed by atoms with E-state index in [1.165, 1.54) is 6.07 Å². The molecule has 1 saturated heterocycles. The highest BCUT2D eigenvalue weighted by Gasteiger charge is 2.23. The Kier molecular flexibility index (Phi) is 3.96. The number of halogens is 1. The smallest absolute Gasteiger partial charge is 0.123 e. The Morgan fingerprint density at radius 2 is 2.11 bits per heavy atom. The first kappa shape index (κ1) is 12.8. The molecule has 2 aliphatic rings. The van der Waals surface area contributed by atoms with E-state index in [1.807, 2.05) is 0 Å². The minimum absolute atomic E-state index is 0.0707. The summed E-state index contributed by atoms with van der Waals surface area (Å²) in [4.78, 5) is 0. The zero-order valence-electron chi connectivity index (χ0n) is 10.7. The van der Waals surface area contributed by atoms with Gasteiger partial charge in [-0.05, 0) is 18.2 Å². The predicted molar refractivity (Wildman–Crippen MR) is 67.9 cm³/mol. The molecule has 0 aromatic heterocycles. The van der Waals surface area contributed by atoms with Crippen LogP contribution in [0.25, 0.3) is 0 Å². The number of hydrogen-bond donors (Lipinski definition) is 1. The molecule has 104 valence electrons. The summed E-state index contributed by atoms with van der Waals surface area (Å²) in [6.07, 6.45) is 0.943. The SMILES string of the molecule is Fc1ccc2c(c1)CC(CNCC1COCCO1)O2. The Morgan fingerprint density at radius 1 is 1.21 bits per heavy atom. The van der Waals surface area contributed by atoms with Crippen LogP contribution in [0.1, 0.15) is 5.56 Å². The quantitative estimate of drug-likeness (QED) is 0.888. The summed E-state index contributed by atoms with van der Waals surface area (Å²) in [5.41, 5.74) is 0.948. The standard InChI is InChI=1S/C14H18FNO3/c15-11-1-2-14-10(5-11)6-12(19-14)7-16-8-13-9-17-3-4-18-13/h1-2,5,12-13,16H,3-4,6-9H2. The van der Waals surface area contributed by atoms with Crippen molar-refractivity contribution >= 4 is 0 Å². The zero-order valence-corrected chi connectivity index (χ0v) is 10.7. The Hall–Kier alpha value is -1.17. The number of benzene rings is 1. The fourth-order valence-corrected chi connectivity index (χ4v) is 2.46. The Labute approximate surface area is 111 Å². The fourth-order valence-electron chi connectivity index (χ4n) is 2.46. The van der Waals surface area contributed by atoms with Crippen molar-refractivity contribution in [2.45, 2.75) is 18.6 Å². The molecule has 2 aliphatic heterocycles. The largest absolute Gasteiger partial charge is 0.488 e. The van der Waals surface area contributed by atoms with Gasteiger partial charge < -0.3 is 19.5 Å². The number of ether oxygens (including phenoxy) is 3. The minimum atomic E-state index is -0.205. The third-order valence-electron chi connectivity index (χ3n) is 3.39. The second kappa shape index (κ2) is 5.86. The fraction of sp³-hybridized carbons (Fsp3) is 0.571. The zero-order chi connectivity index (χ0) is 13.1. The molecule has 0 aliphatic carbocycles. The monoisotopic (exact) mass is 267 g/mol. The maximum Gasteiger partial charge on any atom is 0.123 e. The molecule has 1 fully saturated rings. The third-order valence-corrected chi connectivity index (χ3v) is 3.39. The number of fused-ring (bicyclic) bond motifs is 1. The van der Waals surface area contributed by atoms with Crippen molar-refractivity contribution in [1.82, 2.24) is 5.32 Å². The summed E-state index contributed by atoms with van der Waals surface area (Å²) in [5.74, 6) is 0.592. The summed E-state index contributed by atoms with van der Waals surface area (Å²) in [5, 5.41) is 3.32. The van der Waals surface area contributed by atoms with E-state index in [2.05, 4.69) is 5.32 Å². The molecule has 3 rings (SSSR count). The molecule has 0 radical (unpaired) electrons. The van der Waals surface area contributed by atoms with Gasteiger partial charge in [0.15, 0.2) is 0 Å². The van der Waals surface area contributed by atoms with Crippen LogP contribution in [-0.2, 0) is 15.9 Å². The number of nitrogens with one attached hydrogen (secondary N) is 1. The Morgan fingerprint density at radius 3 is 2.95 bits per heavy atom. The van der Waals surface area contributed by atoms with E-state index in [4.69, 9.17) is 14.2 Å². The van der Waals surface area contributed by atoms with Crippen molar-refractivity contribution < 1.29 is 18.6 Å². The van der Waals surface area contributed by atoms with Gasteiger partial charge in [0, 0.05) is 25.1 Å². The minimum Gasteiger partial charge on any atom is -0.488 e.